The molecule has 1 aromatic carbocycles. The van der Waals surface area contributed by atoms with Crippen molar-refractivity contribution in [3.63, 3.8) is 0 Å². The first kappa shape index (κ1) is 13.9. The first-order valence-corrected chi connectivity index (χ1v) is 6.37. The Morgan fingerprint density at radius 3 is 2.59 bits per heavy atom. The van der Waals surface area contributed by atoms with Gasteiger partial charge in [-0.1, -0.05) is 0 Å². The van der Waals surface area contributed by atoms with Gasteiger partial charge in [0.25, 0.3) is 0 Å². The van der Waals surface area contributed by atoms with E-state index in [1.807, 2.05) is 0 Å². The topological polar surface area (TPSA) is 83.6 Å². The Morgan fingerprint density at radius 2 is 2.06 bits per heavy atom. The summed E-state index contributed by atoms with van der Waals surface area (Å²) in [6, 6.07) is 2.44. The van der Waals surface area contributed by atoms with Crippen molar-refractivity contribution < 1.29 is 17.9 Å². The molecule has 17 heavy (non-hydrogen) atoms. The highest BCUT2D eigenvalue weighted by molar-refractivity contribution is 7.89. The molecule has 0 atom stereocenters. The molecule has 0 heterocycles. The lowest BCUT2D eigenvalue weighted by molar-refractivity contribution is 0.266. The molecule has 5 nitrogen and oxygen atoms in total. The fourth-order valence-electron chi connectivity index (χ4n) is 1.38. The molecule has 7 heteroatoms. The lowest BCUT2D eigenvalue weighted by Gasteiger charge is -2.17. The molecule has 0 bridgehead atoms. The van der Waals surface area contributed by atoms with Crippen molar-refractivity contribution in [2.24, 2.45) is 0 Å². The number of benzene rings is 1. The van der Waals surface area contributed by atoms with Gasteiger partial charge in [-0.2, -0.15) is 4.31 Å². The summed E-state index contributed by atoms with van der Waals surface area (Å²) >= 11 is 0. The maximum Gasteiger partial charge on any atom is 0.245 e. The van der Waals surface area contributed by atoms with E-state index in [2.05, 4.69) is 0 Å². The Bertz CT molecular complexity index is 517. The number of nitrogens with zero attached hydrogens (tertiary/aromatic N) is 1. The Balaban J connectivity index is 3.33. The summed E-state index contributed by atoms with van der Waals surface area (Å²) in [5.74, 6) is -0.816. The molecule has 3 N–H and O–H groups in total. The van der Waals surface area contributed by atoms with Gasteiger partial charge in [0.05, 0.1) is 6.61 Å². The fourth-order valence-corrected chi connectivity index (χ4v) is 2.71. The van der Waals surface area contributed by atoms with Gasteiger partial charge in [0, 0.05) is 19.3 Å². The average molecular weight is 262 g/mol. The number of hydrogen-bond acceptors (Lipinski definition) is 4. The minimum atomic E-state index is -3.96. The first-order valence-electron chi connectivity index (χ1n) is 4.93. The number of aliphatic hydroxyl groups excluding tert-OH is 1. The lowest BCUT2D eigenvalue weighted by atomic mass is 10.2. The molecular weight excluding hydrogens is 247 g/mol. The van der Waals surface area contributed by atoms with E-state index in [9.17, 15) is 12.8 Å². The fraction of sp³-hybridized carbons (Fsp3) is 0.400. The van der Waals surface area contributed by atoms with Crippen molar-refractivity contribution >= 4 is 15.7 Å². The summed E-state index contributed by atoms with van der Waals surface area (Å²) in [6.07, 6.45) is 0. The minimum absolute atomic E-state index is 0.102. The highest BCUT2D eigenvalue weighted by atomic mass is 32.2. The second-order valence-corrected chi connectivity index (χ2v) is 5.71. The van der Waals surface area contributed by atoms with Crippen molar-refractivity contribution in [2.75, 3.05) is 25.9 Å². The number of nitrogen functional groups attached to an aromatic ring is 1. The number of halogens is 1. The van der Waals surface area contributed by atoms with Crippen LogP contribution >= 0.6 is 0 Å². The molecule has 0 unspecified atom stereocenters. The number of aryl methyl sites for hydroxylation is 1. The van der Waals surface area contributed by atoms with Crippen LogP contribution in [0.1, 0.15) is 5.56 Å². The monoisotopic (exact) mass is 262 g/mol. The zero-order valence-corrected chi connectivity index (χ0v) is 10.5. The van der Waals surface area contributed by atoms with Crippen molar-refractivity contribution in [1.82, 2.24) is 4.31 Å². The van der Waals surface area contributed by atoms with E-state index in [1.54, 1.807) is 0 Å². The molecule has 0 aromatic heterocycles. The minimum Gasteiger partial charge on any atom is -0.399 e. The number of anilines is 1. The number of sulfonamides is 1. The van der Waals surface area contributed by atoms with Crippen LogP contribution in [0.2, 0.25) is 0 Å². The number of aliphatic hydroxyl groups is 1. The van der Waals surface area contributed by atoms with E-state index < -0.39 is 20.7 Å². The van der Waals surface area contributed by atoms with E-state index in [4.69, 9.17) is 10.8 Å². The van der Waals surface area contributed by atoms with Crippen molar-refractivity contribution in [3.05, 3.63) is 23.5 Å². The average Bonchev–Trinajstić information content (AvgIpc) is 2.23. The molecule has 0 radical (unpaired) electrons. The molecule has 0 spiro atoms. The van der Waals surface area contributed by atoms with Gasteiger partial charge in [-0.3, -0.25) is 0 Å². The highest BCUT2D eigenvalue weighted by Crippen LogP contribution is 2.23. The Hall–Kier alpha value is -1.18. The molecule has 0 aliphatic carbocycles. The van der Waals surface area contributed by atoms with Gasteiger partial charge in [0.1, 0.15) is 10.7 Å². The predicted octanol–water partition coefficient (Wildman–Crippen LogP) is 0.329. The molecule has 0 amide bonds. The summed E-state index contributed by atoms with van der Waals surface area (Å²) in [5.41, 5.74) is 5.85. The second-order valence-electron chi connectivity index (χ2n) is 3.70. The third-order valence-corrected chi connectivity index (χ3v) is 4.20. The van der Waals surface area contributed by atoms with Crippen LogP contribution in [0.15, 0.2) is 17.0 Å². The van der Waals surface area contributed by atoms with Gasteiger partial charge >= 0.3 is 0 Å². The van der Waals surface area contributed by atoms with Crippen molar-refractivity contribution in [2.45, 2.75) is 11.8 Å². The van der Waals surface area contributed by atoms with Gasteiger partial charge in [-0.25, -0.2) is 12.8 Å². The van der Waals surface area contributed by atoms with E-state index in [0.717, 1.165) is 10.4 Å². The third kappa shape index (κ3) is 2.74. The van der Waals surface area contributed by atoms with E-state index in [-0.39, 0.29) is 24.4 Å². The van der Waals surface area contributed by atoms with Crippen LogP contribution in [-0.4, -0.2) is 38.0 Å². The van der Waals surface area contributed by atoms with Gasteiger partial charge in [0.15, 0.2) is 0 Å². The smallest absolute Gasteiger partial charge is 0.245 e. The predicted molar refractivity (Wildman–Crippen MR) is 62.5 cm³/mol. The van der Waals surface area contributed by atoms with Crippen LogP contribution < -0.4 is 5.73 Å². The van der Waals surface area contributed by atoms with Gasteiger partial charge in [0.2, 0.25) is 10.0 Å². The standard InChI is InChI=1S/C10H15FN2O3S/c1-7-5-8(12)6-9(10(7)11)17(15,16)13(2)3-4-14/h5-6,14H,3-4,12H2,1-2H3. The maximum atomic E-state index is 13.8. The molecule has 0 aliphatic rings. The summed E-state index contributed by atoms with van der Waals surface area (Å²) in [7, 11) is -2.69. The summed E-state index contributed by atoms with van der Waals surface area (Å²) in [4.78, 5) is -0.467. The van der Waals surface area contributed by atoms with Crippen molar-refractivity contribution in [3.8, 4) is 0 Å². The van der Waals surface area contributed by atoms with Crippen LogP contribution in [0.4, 0.5) is 10.1 Å². The number of hydrogen-bond donors (Lipinski definition) is 2. The van der Waals surface area contributed by atoms with Crippen molar-refractivity contribution in [1.29, 1.82) is 0 Å². The molecule has 0 saturated heterocycles. The molecule has 0 fully saturated rings. The summed E-state index contributed by atoms with van der Waals surface area (Å²) in [5, 5.41) is 8.70. The number of likely N-dealkylation sites (N-methyl/N-ethyl adjacent to an activating group) is 1. The molecule has 96 valence electrons. The summed E-state index contributed by atoms with van der Waals surface area (Å²) in [6.45, 7) is 1.00. The Morgan fingerprint density at radius 1 is 1.47 bits per heavy atom. The maximum absolute atomic E-state index is 13.8. The second kappa shape index (κ2) is 4.99. The van der Waals surface area contributed by atoms with Gasteiger partial charge < -0.3 is 10.8 Å². The Labute approximate surface area is 99.7 Å². The number of nitrogens with two attached hydrogens (primary N) is 1. The molecule has 1 rings (SSSR count). The lowest BCUT2D eigenvalue weighted by Crippen LogP contribution is -2.30. The van der Waals surface area contributed by atoms with E-state index in [0.29, 0.717) is 0 Å². The quantitative estimate of drug-likeness (QED) is 0.766. The van der Waals surface area contributed by atoms with E-state index in [1.165, 1.54) is 20.0 Å². The zero-order valence-electron chi connectivity index (χ0n) is 9.64. The van der Waals surface area contributed by atoms with Crippen LogP contribution in [0.25, 0.3) is 0 Å². The number of rotatable bonds is 4. The first-order chi connectivity index (χ1) is 7.80. The van der Waals surface area contributed by atoms with E-state index >= 15 is 0 Å². The Kier molecular flexibility index (Phi) is 4.07. The molecule has 1 aromatic rings. The van der Waals surface area contributed by atoms with Crippen LogP contribution in [0.5, 0.6) is 0 Å². The molecule has 0 aliphatic heterocycles. The third-order valence-electron chi connectivity index (χ3n) is 2.35. The zero-order chi connectivity index (χ0) is 13.2. The van der Waals surface area contributed by atoms with Crippen LogP contribution in [-0.2, 0) is 10.0 Å². The summed E-state index contributed by atoms with van der Waals surface area (Å²) < 4.78 is 38.6. The normalized spacial score (nSPS) is 12.1. The SMILES string of the molecule is Cc1cc(N)cc(S(=O)(=O)N(C)CCO)c1F. The molecule has 0 saturated carbocycles. The van der Waals surface area contributed by atoms with Crippen LogP contribution in [0, 0.1) is 12.7 Å². The molecular formula is C10H15FN2O3S. The highest BCUT2D eigenvalue weighted by Gasteiger charge is 2.25. The van der Waals surface area contributed by atoms with Gasteiger partial charge in [-0.05, 0) is 24.6 Å². The van der Waals surface area contributed by atoms with Crippen LogP contribution in [0.3, 0.4) is 0 Å². The largest absolute Gasteiger partial charge is 0.399 e. The van der Waals surface area contributed by atoms with Gasteiger partial charge in [-0.15, -0.1) is 0 Å².